The number of likely N-dealkylation sites (N-methyl/N-ethyl adjacent to an activating group) is 1. The van der Waals surface area contributed by atoms with Gasteiger partial charge < -0.3 is 69.1 Å². The Balaban J connectivity index is 1.12. The normalized spacial score (nSPS) is 37.2. The average Bonchev–Trinajstić information content (AvgIpc) is 3.14. The molecule has 0 radical (unpaired) electrons. The third kappa shape index (κ3) is 6.97. The van der Waals surface area contributed by atoms with Crippen molar-refractivity contribution < 1.29 is 73.8 Å². The second-order valence-corrected chi connectivity index (χ2v) is 16.1. The molecule has 2 aliphatic carbocycles. The largest absolute Gasteiger partial charge is 0.507 e. The molecule has 0 saturated carbocycles. The third-order valence-electron chi connectivity index (χ3n) is 12.2. The summed E-state index contributed by atoms with van der Waals surface area (Å²) in [4.78, 5) is 29.5. The van der Waals surface area contributed by atoms with Crippen molar-refractivity contribution in [1.29, 1.82) is 0 Å². The number of carbonyl (C=O) groups excluding carboxylic acids is 2. The van der Waals surface area contributed by atoms with Gasteiger partial charge in [-0.2, -0.15) is 0 Å². The van der Waals surface area contributed by atoms with E-state index in [0.29, 0.717) is 25.7 Å². The maximum Gasteiger partial charge on any atom is 0.202 e. The molecule has 3 fully saturated rings. The second-order valence-electron chi connectivity index (χ2n) is 16.1. The van der Waals surface area contributed by atoms with Crippen molar-refractivity contribution in [2.45, 2.75) is 152 Å². The number of fused-ring (bicyclic) bond motifs is 3. The number of hydrogen-bond acceptors (Lipinski definition) is 16. The van der Waals surface area contributed by atoms with Crippen LogP contribution in [0.15, 0.2) is 12.1 Å². The predicted octanol–water partition coefficient (Wildman–Crippen LogP) is 3.17. The molecule has 0 spiro atoms. The molecule has 0 aromatic heterocycles. The average molecular weight is 788 g/mol. The fourth-order valence-electron chi connectivity index (χ4n) is 9.01. The molecule has 7 N–H and O–H groups in total. The number of ketones is 2. The fraction of sp³-hybridized carbons (Fsp3) is 0.650. The van der Waals surface area contributed by atoms with Crippen molar-refractivity contribution in [3.8, 4) is 23.0 Å². The van der Waals surface area contributed by atoms with E-state index in [2.05, 4.69) is 0 Å². The highest BCUT2D eigenvalue weighted by atomic mass is 16.7. The Morgan fingerprint density at radius 2 is 1.29 bits per heavy atom. The lowest BCUT2D eigenvalue weighted by molar-refractivity contribution is -0.320. The summed E-state index contributed by atoms with van der Waals surface area (Å²) in [5.74, 6) is -4.98. The van der Waals surface area contributed by atoms with Crippen LogP contribution in [-0.2, 0) is 28.4 Å². The van der Waals surface area contributed by atoms with Crippen LogP contribution < -0.4 is 0 Å². The number of hydrogen-bond donors (Lipinski definition) is 7. The minimum Gasteiger partial charge on any atom is -0.507 e. The van der Waals surface area contributed by atoms with Crippen LogP contribution in [0.25, 0.3) is 0 Å². The number of rotatable bonds is 8. The van der Waals surface area contributed by atoms with Crippen molar-refractivity contribution >= 4 is 11.6 Å². The number of phenols is 4. The lowest BCUT2D eigenvalue weighted by atomic mass is 9.70. The number of aromatic hydroxyl groups is 4. The number of phenolic OH excluding ortho intramolecular Hbond substituents is 4. The lowest BCUT2D eigenvalue weighted by Crippen LogP contribution is -2.57. The van der Waals surface area contributed by atoms with Gasteiger partial charge in [-0.15, -0.1) is 0 Å². The SMILES string of the molecule is CC[C@@]1(O)C[C@H](O)c2c(O)c3c(c(O)c2[C@H]1OC1CC(N(C)C)C(OC2CCC(OC4CCC(O)C(C)O4)C(C)O2)C(C)O1)C(=O)c1c(O)ccc(O)c1C3=O. The zero-order chi connectivity index (χ0) is 40.5. The Bertz CT molecular complexity index is 1850. The summed E-state index contributed by atoms with van der Waals surface area (Å²) in [6, 6.07) is 1.75. The van der Waals surface area contributed by atoms with E-state index >= 15 is 0 Å². The van der Waals surface area contributed by atoms with Gasteiger partial charge >= 0.3 is 0 Å². The van der Waals surface area contributed by atoms with Gasteiger partial charge in [-0.3, -0.25) is 9.59 Å². The molecule has 56 heavy (non-hydrogen) atoms. The second kappa shape index (κ2) is 15.4. The highest BCUT2D eigenvalue weighted by Crippen LogP contribution is 2.57. The van der Waals surface area contributed by atoms with E-state index in [4.69, 9.17) is 28.4 Å². The van der Waals surface area contributed by atoms with E-state index in [0.717, 1.165) is 12.1 Å². The summed E-state index contributed by atoms with van der Waals surface area (Å²) in [5.41, 5.74) is -4.87. The molecule has 13 atom stereocenters. The van der Waals surface area contributed by atoms with Gasteiger partial charge in [0.15, 0.2) is 18.9 Å². The van der Waals surface area contributed by atoms with Gasteiger partial charge in [-0.1, -0.05) is 6.92 Å². The van der Waals surface area contributed by atoms with Crippen LogP contribution in [0.4, 0.5) is 0 Å². The standard InChI is InChI=1S/C40H53NO15/c1-7-40(50)15-23(45)30-33(37(49)32-31(36(30)48)34(46)28-21(43)8-9-22(44)29(28)35(32)47)39(40)56-27-14-19(41(5)6)38(18(4)53-27)55-26-13-11-24(17(3)52-26)54-25-12-10-20(42)16(2)51-25/h8-9,16-20,23-27,38-39,42-45,48-50H,7,10-15H2,1-6H3/t16?,17?,18?,19?,20?,23-,24?,25?,26?,27?,38?,39+,40+/m0/s1. The predicted molar refractivity (Wildman–Crippen MR) is 194 cm³/mol. The molecule has 3 saturated heterocycles. The molecule has 308 valence electrons. The van der Waals surface area contributed by atoms with Gasteiger partial charge in [0.05, 0.1) is 64.5 Å². The van der Waals surface area contributed by atoms with Gasteiger partial charge in [-0.05, 0) is 66.3 Å². The van der Waals surface area contributed by atoms with E-state index in [1.807, 2.05) is 39.8 Å². The molecule has 16 nitrogen and oxygen atoms in total. The quantitative estimate of drug-likeness (QED) is 0.163. The number of nitrogens with zero attached hydrogens (tertiary/aromatic N) is 1. The minimum absolute atomic E-state index is 0.0106. The first kappa shape index (κ1) is 40.8. The molecule has 16 heteroatoms. The first-order valence-corrected chi connectivity index (χ1v) is 19.4. The molecular weight excluding hydrogens is 734 g/mol. The Hall–Kier alpha value is -3.42. The molecule has 5 aliphatic rings. The van der Waals surface area contributed by atoms with Crippen LogP contribution in [0.2, 0.25) is 0 Å². The number of carbonyl (C=O) groups is 2. The van der Waals surface area contributed by atoms with Crippen LogP contribution in [0.1, 0.15) is 128 Å². The van der Waals surface area contributed by atoms with E-state index in [-0.39, 0.29) is 54.7 Å². The summed E-state index contributed by atoms with van der Waals surface area (Å²) in [6.45, 7) is 7.21. The summed E-state index contributed by atoms with van der Waals surface area (Å²) in [7, 11) is 3.76. The maximum atomic E-state index is 13.9. The smallest absolute Gasteiger partial charge is 0.202 e. The number of ether oxygens (including phenoxy) is 6. The first-order valence-electron chi connectivity index (χ1n) is 19.4. The number of benzene rings is 2. The molecular formula is C40H53NO15. The van der Waals surface area contributed by atoms with Gasteiger partial charge in [0.25, 0.3) is 0 Å². The zero-order valence-electron chi connectivity index (χ0n) is 32.4. The molecule has 3 heterocycles. The molecule has 2 aromatic carbocycles. The summed E-state index contributed by atoms with van der Waals surface area (Å²) in [5, 5.41) is 77.8. The molecule has 10 unspecified atom stereocenters. The third-order valence-corrected chi connectivity index (χ3v) is 12.2. The summed E-state index contributed by atoms with van der Waals surface area (Å²) in [6.07, 6.45) is -5.26. The van der Waals surface area contributed by atoms with E-state index in [9.17, 15) is 45.3 Å². The molecule has 0 bridgehead atoms. The van der Waals surface area contributed by atoms with E-state index in [1.165, 1.54) is 0 Å². The summed E-state index contributed by atoms with van der Waals surface area (Å²) >= 11 is 0. The van der Waals surface area contributed by atoms with E-state index in [1.54, 1.807) is 6.92 Å². The number of aliphatic hydroxyl groups is 3. The molecule has 7 rings (SSSR count). The highest BCUT2D eigenvalue weighted by Gasteiger charge is 2.53. The molecule has 3 aliphatic heterocycles. The van der Waals surface area contributed by atoms with Crippen molar-refractivity contribution in [3.05, 3.63) is 45.5 Å². The van der Waals surface area contributed by atoms with Crippen molar-refractivity contribution in [2.75, 3.05) is 14.1 Å². The molecule has 0 amide bonds. The van der Waals surface area contributed by atoms with Crippen LogP contribution in [0, 0.1) is 0 Å². The van der Waals surface area contributed by atoms with E-state index < -0.39 is 112 Å². The Morgan fingerprint density at radius 1 is 0.732 bits per heavy atom. The first-order chi connectivity index (χ1) is 26.4. The van der Waals surface area contributed by atoms with Gasteiger partial charge in [0, 0.05) is 42.9 Å². The van der Waals surface area contributed by atoms with Gasteiger partial charge in [0.1, 0.15) is 35.2 Å². The topological polar surface area (TPSA) is 234 Å². The lowest BCUT2D eigenvalue weighted by Gasteiger charge is -2.48. The van der Waals surface area contributed by atoms with Crippen molar-refractivity contribution in [2.24, 2.45) is 0 Å². The Morgan fingerprint density at radius 3 is 1.86 bits per heavy atom. The maximum absolute atomic E-state index is 13.9. The van der Waals surface area contributed by atoms with Gasteiger partial charge in [-0.25, -0.2) is 0 Å². The van der Waals surface area contributed by atoms with Crippen molar-refractivity contribution in [1.82, 2.24) is 4.90 Å². The van der Waals surface area contributed by atoms with Crippen LogP contribution in [0.5, 0.6) is 23.0 Å². The van der Waals surface area contributed by atoms with Crippen molar-refractivity contribution in [3.63, 3.8) is 0 Å². The zero-order valence-corrected chi connectivity index (χ0v) is 32.4. The fourth-order valence-corrected chi connectivity index (χ4v) is 9.01. The minimum atomic E-state index is -1.84. The van der Waals surface area contributed by atoms with Crippen LogP contribution in [-0.4, -0.2) is 133 Å². The summed E-state index contributed by atoms with van der Waals surface area (Å²) < 4.78 is 37.8. The Kier molecular flexibility index (Phi) is 11.2. The molecule has 2 aromatic rings. The van der Waals surface area contributed by atoms with Crippen LogP contribution >= 0.6 is 0 Å². The Labute approximate surface area is 324 Å². The number of aliphatic hydroxyl groups excluding tert-OH is 2. The van der Waals surface area contributed by atoms with Crippen LogP contribution in [0.3, 0.4) is 0 Å². The monoisotopic (exact) mass is 787 g/mol. The highest BCUT2D eigenvalue weighted by molar-refractivity contribution is 6.32. The van der Waals surface area contributed by atoms with Gasteiger partial charge in [0.2, 0.25) is 11.6 Å².